The summed E-state index contributed by atoms with van der Waals surface area (Å²) >= 11 is 0. The van der Waals surface area contributed by atoms with Crippen LogP contribution in [0.1, 0.15) is 36.2 Å². The maximum atomic E-state index is 6.32. The molecule has 158 valence electrons. The van der Waals surface area contributed by atoms with Crippen molar-refractivity contribution in [2.75, 3.05) is 11.5 Å². The van der Waals surface area contributed by atoms with Gasteiger partial charge in [-0.05, 0) is 53.8 Å². The molecule has 0 radical (unpaired) electrons. The minimum atomic E-state index is -0.398. The summed E-state index contributed by atoms with van der Waals surface area (Å²) < 4.78 is 5.70. The van der Waals surface area contributed by atoms with Crippen molar-refractivity contribution in [2.45, 2.75) is 25.9 Å². The fraction of sp³-hybridized carbons (Fsp3) is 0.200. The number of aliphatic imine (C=N–C) groups is 2. The van der Waals surface area contributed by atoms with Crippen LogP contribution in [0.4, 0.5) is 5.69 Å². The van der Waals surface area contributed by atoms with Crippen LogP contribution in [-0.4, -0.2) is 18.5 Å². The third kappa shape index (κ3) is 4.86. The molecule has 6 heteroatoms. The number of benzene rings is 3. The lowest BCUT2D eigenvalue weighted by atomic mass is 10.0. The molecule has 1 atom stereocenters. The monoisotopic (exact) mass is 413 g/mol. The van der Waals surface area contributed by atoms with E-state index >= 15 is 0 Å². The number of anilines is 1. The van der Waals surface area contributed by atoms with Crippen LogP contribution in [0.3, 0.4) is 0 Å². The van der Waals surface area contributed by atoms with Gasteiger partial charge in [-0.25, -0.2) is 4.99 Å². The van der Waals surface area contributed by atoms with E-state index in [-0.39, 0.29) is 5.96 Å². The van der Waals surface area contributed by atoms with E-state index in [0.29, 0.717) is 12.6 Å². The highest BCUT2D eigenvalue weighted by Gasteiger charge is 2.27. The zero-order valence-electron chi connectivity index (χ0n) is 17.6. The van der Waals surface area contributed by atoms with Crippen molar-refractivity contribution in [1.29, 1.82) is 0 Å². The highest BCUT2D eigenvalue weighted by molar-refractivity contribution is 6.04. The Hall–Kier alpha value is -3.80. The zero-order valence-corrected chi connectivity index (χ0v) is 17.6. The molecule has 0 fully saturated rings. The summed E-state index contributed by atoms with van der Waals surface area (Å²) in [6.07, 6.45) is 1.40. The van der Waals surface area contributed by atoms with Gasteiger partial charge in [-0.2, -0.15) is 4.99 Å². The molecule has 3 aromatic carbocycles. The summed E-state index contributed by atoms with van der Waals surface area (Å²) in [5, 5.41) is 0. The van der Waals surface area contributed by atoms with Gasteiger partial charge < -0.3 is 16.2 Å². The summed E-state index contributed by atoms with van der Waals surface area (Å²) in [7, 11) is 0. The fourth-order valence-electron chi connectivity index (χ4n) is 3.61. The molecule has 0 spiro atoms. The lowest BCUT2D eigenvalue weighted by molar-refractivity contribution is 0.317. The molecule has 1 aliphatic rings. The predicted molar refractivity (Wildman–Crippen MR) is 126 cm³/mol. The number of nitrogens with zero attached hydrogens (tertiary/aromatic N) is 3. The summed E-state index contributed by atoms with van der Waals surface area (Å²) in [6, 6.07) is 26.5. The Morgan fingerprint density at radius 1 is 0.903 bits per heavy atom. The van der Waals surface area contributed by atoms with E-state index in [0.717, 1.165) is 29.8 Å². The van der Waals surface area contributed by atoms with E-state index in [1.807, 2.05) is 47.4 Å². The van der Waals surface area contributed by atoms with Gasteiger partial charge in [0.1, 0.15) is 5.75 Å². The van der Waals surface area contributed by atoms with Crippen molar-refractivity contribution in [3.63, 3.8) is 0 Å². The molecule has 3 aromatic rings. The van der Waals surface area contributed by atoms with Crippen LogP contribution in [-0.2, 0) is 6.42 Å². The Morgan fingerprint density at radius 2 is 1.65 bits per heavy atom. The van der Waals surface area contributed by atoms with Crippen LogP contribution in [0.5, 0.6) is 5.75 Å². The van der Waals surface area contributed by atoms with Crippen molar-refractivity contribution in [3.8, 4) is 5.75 Å². The second-order valence-corrected chi connectivity index (χ2v) is 7.45. The Labute approximate surface area is 182 Å². The van der Waals surface area contributed by atoms with Crippen molar-refractivity contribution in [1.82, 2.24) is 0 Å². The van der Waals surface area contributed by atoms with E-state index in [9.17, 15) is 0 Å². The number of hydrogen-bond acceptors (Lipinski definition) is 6. The lowest BCUT2D eigenvalue weighted by Gasteiger charge is -2.33. The summed E-state index contributed by atoms with van der Waals surface area (Å²) in [4.78, 5) is 10.7. The fourth-order valence-corrected chi connectivity index (χ4v) is 3.61. The zero-order chi connectivity index (χ0) is 21.6. The van der Waals surface area contributed by atoms with Crippen LogP contribution < -0.4 is 21.1 Å². The van der Waals surface area contributed by atoms with Gasteiger partial charge in [0, 0.05) is 5.69 Å². The van der Waals surface area contributed by atoms with Gasteiger partial charge in [0.15, 0.2) is 6.17 Å². The van der Waals surface area contributed by atoms with Gasteiger partial charge in [0.05, 0.1) is 6.61 Å². The molecule has 31 heavy (non-hydrogen) atoms. The SMILES string of the molecule is CCCOc1ccc(C2N=C(N)N=C(N)N2c2cccc(Cc3ccccc3)c2)cc1. The van der Waals surface area contributed by atoms with Crippen molar-refractivity contribution in [2.24, 2.45) is 21.5 Å². The first-order chi connectivity index (χ1) is 15.1. The molecule has 6 nitrogen and oxygen atoms in total. The first-order valence-corrected chi connectivity index (χ1v) is 10.5. The molecular formula is C25H27N5O. The van der Waals surface area contributed by atoms with Gasteiger partial charge in [0.25, 0.3) is 0 Å². The Bertz CT molecular complexity index is 1080. The molecule has 1 unspecified atom stereocenters. The van der Waals surface area contributed by atoms with Crippen LogP contribution in [0.15, 0.2) is 88.8 Å². The topological polar surface area (TPSA) is 89.2 Å². The summed E-state index contributed by atoms with van der Waals surface area (Å²) in [6.45, 7) is 2.77. The highest BCUT2D eigenvalue weighted by Crippen LogP contribution is 2.32. The molecule has 4 rings (SSSR count). The second kappa shape index (κ2) is 9.34. The number of ether oxygens (including phenoxy) is 1. The van der Waals surface area contributed by atoms with E-state index < -0.39 is 6.17 Å². The third-order valence-electron chi connectivity index (χ3n) is 5.07. The lowest BCUT2D eigenvalue weighted by Crippen LogP contribution is -2.44. The molecule has 0 amide bonds. The third-order valence-corrected chi connectivity index (χ3v) is 5.07. The largest absolute Gasteiger partial charge is 0.494 e. The molecule has 0 aliphatic carbocycles. The molecule has 0 bridgehead atoms. The minimum absolute atomic E-state index is 0.172. The molecule has 1 aliphatic heterocycles. The Morgan fingerprint density at radius 3 is 2.39 bits per heavy atom. The first kappa shape index (κ1) is 20.5. The summed E-state index contributed by atoms with van der Waals surface area (Å²) in [5.74, 6) is 1.32. The average Bonchev–Trinajstić information content (AvgIpc) is 2.78. The van der Waals surface area contributed by atoms with Crippen LogP contribution in [0, 0.1) is 0 Å². The predicted octanol–water partition coefficient (Wildman–Crippen LogP) is 4.21. The number of rotatable bonds is 7. The molecule has 4 N–H and O–H groups in total. The van der Waals surface area contributed by atoms with Gasteiger partial charge in [-0.3, -0.25) is 4.90 Å². The van der Waals surface area contributed by atoms with Crippen LogP contribution in [0.25, 0.3) is 0 Å². The number of nitrogens with two attached hydrogens (primary N) is 2. The number of hydrogen-bond donors (Lipinski definition) is 2. The van der Waals surface area contributed by atoms with Crippen LogP contribution in [0.2, 0.25) is 0 Å². The molecule has 0 aromatic heterocycles. The molecular weight excluding hydrogens is 386 g/mol. The summed E-state index contributed by atoms with van der Waals surface area (Å²) in [5.41, 5.74) is 16.6. The quantitative estimate of drug-likeness (QED) is 0.607. The van der Waals surface area contributed by atoms with Gasteiger partial charge in [0.2, 0.25) is 11.9 Å². The van der Waals surface area contributed by atoms with Crippen molar-refractivity contribution in [3.05, 3.63) is 95.6 Å². The van der Waals surface area contributed by atoms with Crippen molar-refractivity contribution >= 4 is 17.6 Å². The molecule has 0 saturated heterocycles. The Kier molecular flexibility index (Phi) is 6.17. The first-order valence-electron chi connectivity index (χ1n) is 10.5. The number of guanidine groups is 2. The van der Waals surface area contributed by atoms with E-state index in [2.05, 4.69) is 53.3 Å². The smallest absolute Gasteiger partial charge is 0.221 e. The molecule has 1 heterocycles. The van der Waals surface area contributed by atoms with Crippen molar-refractivity contribution < 1.29 is 4.74 Å². The van der Waals surface area contributed by atoms with E-state index in [1.54, 1.807) is 0 Å². The normalized spacial score (nSPS) is 15.9. The average molecular weight is 414 g/mol. The van der Waals surface area contributed by atoms with Gasteiger partial charge in [-0.15, -0.1) is 0 Å². The molecule has 0 saturated carbocycles. The van der Waals surface area contributed by atoms with Crippen LogP contribution >= 0.6 is 0 Å². The van der Waals surface area contributed by atoms with Gasteiger partial charge in [-0.1, -0.05) is 61.5 Å². The minimum Gasteiger partial charge on any atom is -0.494 e. The highest BCUT2D eigenvalue weighted by atomic mass is 16.5. The van der Waals surface area contributed by atoms with Gasteiger partial charge >= 0.3 is 0 Å². The maximum Gasteiger partial charge on any atom is 0.221 e. The standard InChI is InChI=1S/C25H27N5O/c1-2-15-31-22-13-11-20(12-14-22)23-28-24(26)29-25(27)30(23)21-10-6-9-19(17-21)16-18-7-4-3-5-8-18/h3-14,17,23H,2,15-16H2,1H3,(H4,26,27,28,29). The van der Waals surface area contributed by atoms with E-state index in [1.165, 1.54) is 11.1 Å². The maximum absolute atomic E-state index is 6.32. The Balaban J connectivity index is 1.63. The second-order valence-electron chi connectivity index (χ2n) is 7.45. The van der Waals surface area contributed by atoms with E-state index in [4.69, 9.17) is 16.2 Å².